The van der Waals surface area contributed by atoms with Crippen LogP contribution in [-0.4, -0.2) is 23.7 Å². The summed E-state index contributed by atoms with van der Waals surface area (Å²) in [4.78, 5) is 10.7. The molecule has 1 rings (SSSR count). The van der Waals surface area contributed by atoms with Gasteiger partial charge in [-0.1, -0.05) is 26.2 Å². The molecule has 14 heavy (non-hydrogen) atoms. The third-order valence-corrected chi connectivity index (χ3v) is 3.08. The molecule has 1 aliphatic carbocycles. The van der Waals surface area contributed by atoms with Crippen LogP contribution in [-0.2, 0) is 4.79 Å². The lowest BCUT2D eigenvalue weighted by atomic mass is 9.82. The molecule has 0 saturated heterocycles. The molecule has 1 fully saturated rings. The van der Waals surface area contributed by atoms with Crippen molar-refractivity contribution in [2.45, 2.75) is 51.5 Å². The van der Waals surface area contributed by atoms with Gasteiger partial charge in [0.2, 0.25) is 0 Å². The molecule has 1 atom stereocenters. The van der Waals surface area contributed by atoms with Gasteiger partial charge in [0.25, 0.3) is 0 Å². The van der Waals surface area contributed by atoms with Crippen molar-refractivity contribution in [1.82, 2.24) is 5.32 Å². The van der Waals surface area contributed by atoms with Crippen LogP contribution >= 0.6 is 0 Å². The van der Waals surface area contributed by atoms with Crippen molar-refractivity contribution in [2.24, 2.45) is 5.92 Å². The molecular weight excluding hydrogens is 178 g/mol. The third kappa shape index (κ3) is 3.66. The predicted octanol–water partition coefficient (Wildman–Crippen LogP) is 2.02. The number of carboxylic acids is 1. The Labute approximate surface area is 85.9 Å². The standard InChI is InChI=1S/C11H21NO2/c1-2-12-10(8-11(13)14)9-6-4-3-5-7-9/h9-10,12H,2-8H2,1H3,(H,13,14)/t10-/m0/s1. The molecule has 0 bridgehead atoms. The van der Waals surface area contributed by atoms with Crippen molar-refractivity contribution in [3.05, 3.63) is 0 Å². The summed E-state index contributed by atoms with van der Waals surface area (Å²) in [6.45, 7) is 2.91. The Hall–Kier alpha value is -0.570. The number of hydrogen-bond donors (Lipinski definition) is 2. The normalized spacial score (nSPS) is 20.6. The fraction of sp³-hybridized carbons (Fsp3) is 0.909. The average Bonchev–Trinajstić information content (AvgIpc) is 2.18. The molecule has 0 spiro atoms. The number of carboxylic acid groups (broad SMARTS) is 1. The van der Waals surface area contributed by atoms with Gasteiger partial charge in [-0.2, -0.15) is 0 Å². The van der Waals surface area contributed by atoms with Gasteiger partial charge >= 0.3 is 5.97 Å². The van der Waals surface area contributed by atoms with Gasteiger partial charge in [-0.3, -0.25) is 4.79 Å². The zero-order valence-electron chi connectivity index (χ0n) is 8.96. The maximum Gasteiger partial charge on any atom is 0.304 e. The first-order valence-electron chi connectivity index (χ1n) is 5.69. The molecule has 0 unspecified atom stereocenters. The summed E-state index contributed by atoms with van der Waals surface area (Å²) >= 11 is 0. The fourth-order valence-electron chi connectivity index (χ4n) is 2.39. The van der Waals surface area contributed by atoms with E-state index in [1.54, 1.807) is 0 Å². The van der Waals surface area contributed by atoms with Crippen LogP contribution in [0.2, 0.25) is 0 Å². The molecule has 0 amide bonds. The molecule has 3 heteroatoms. The Morgan fingerprint density at radius 1 is 1.43 bits per heavy atom. The van der Waals surface area contributed by atoms with Gasteiger partial charge in [0.05, 0.1) is 6.42 Å². The van der Waals surface area contributed by atoms with E-state index in [4.69, 9.17) is 5.11 Å². The Morgan fingerprint density at radius 3 is 2.57 bits per heavy atom. The van der Waals surface area contributed by atoms with Crippen molar-refractivity contribution in [3.63, 3.8) is 0 Å². The smallest absolute Gasteiger partial charge is 0.304 e. The van der Waals surface area contributed by atoms with Gasteiger partial charge in [0.1, 0.15) is 0 Å². The molecule has 3 nitrogen and oxygen atoms in total. The van der Waals surface area contributed by atoms with Crippen LogP contribution in [0.4, 0.5) is 0 Å². The van der Waals surface area contributed by atoms with E-state index in [9.17, 15) is 4.79 Å². The summed E-state index contributed by atoms with van der Waals surface area (Å²) in [7, 11) is 0. The molecule has 0 aromatic heterocycles. The lowest BCUT2D eigenvalue weighted by Gasteiger charge is -2.29. The van der Waals surface area contributed by atoms with Gasteiger partial charge in [0.15, 0.2) is 0 Å². The average molecular weight is 199 g/mol. The summed E-state index contributed by atoms with van der Waals surface area (Å²) in [6, 6.07) is 0.192. The van der Waals surface area contributed by atoms with E-state index in [1.807, 2.05) is 6.92 Å². The number of nitrogens with one attached hydrogen (secondary N) is 1. The van der Waals surface area contributed by atoms with E-state index in [0.717, 1.165) is 6.54 Å². The molecule has 0 heterocycles. The molecule has 82 valence electrons. The number of carbonyl (C=O) groups is 1. The Bertz CT molecular complexity index is 176. The molecule has 1 saturated carbocycles. The lowest BCUT2D eigenvalue weighted by Crippen LogP contribution is -2.38. The Balaban J connectivity index is 2.42. The molecule has 0 radical (unpaired) electrons. The second-order valence-corrected chi connectivity index (χ2v) is 4.16. The summed E-state index contributed by atoms with van der Waals surface area (Å²) in [5.41, 5.74) is 0. The van der Waals surface area contributed by atoms with Crippen molar-refractivity contribution >= 4 is 5.97 Å². The van der Waals surface area contributed by atoms with Crippen molar-refractivity contribution in [2.75, 3.05) is 6.54 Å². The van der Waals surface area contributed by atoms with Gasteiger partial charge in [-0.25, -0.2) is 0 Å². The number of hydrogen-bond acceptors (Lipinski definition) is 2. The predicted molar refractivity (Wildman–Crippen MR) is 56.3 cm³/mol. The summed E-state index contributed by atoms with van der Waals surface area (Å²) in [5.74, 6) is -0.0960. The van der Waals surface area contributed by atoms with Crippen LogP contribution < -0.4 is 5.32 Å². The molecule has 2 N–H and O–H groups in total. The van der Waals surface area contributed by atoms with Crippen molar-refractivity contribution in [1.29, 1.82) is 0 Å². The van der Waals surface area contributed by atoms with E-state index in [2.05, 4.69) is 5.32 Å². The van der Waals surface area contributed by atoms with Crippen LogP contribution in [0.5, 0.6) is 0 Å². The van der Waals surface area contributed by atoms with Crippen LogP contribution in [0.3, 0.4) is 0 Å². The molecule has 0 aliphatic heterocycles. The van der Waals surface area contributed by atoms with Crippen molar-refractivity contribution in [3.8, 4) is 0 Å². The quantitative estimate of drug-likeness (QED) is 0.712. The first kappa shape index (κ1) is 11.5. The minimum atomic E-state index is -0.679. The monoisotopic (exact) mass is 199 g/mol. The maximum atomic E-state index is 10.7. The zero-order valence-corrected chi connectivity index (χ0v) is 8.96. The van der Waals surface area contributed by atoms with Crippen molar-refractivity contribution < 1.29 is 9.90 Å². The van der Waals surface area contributed by atoms with E-state index in [1.165, 1.54) is 32.1 Å². The first-order valence-corrected chi connectivity index (χ1v) is 5.69. The van der Waals surface area contributed by atoms with Gasteiger partial charge in [0, 0.05) is 6.04 Å². The Morgan fingerprint density at radius 2 is 2.07 bits per heavy atom. The van der Waals surface area contributed by atoms with E-state index in [0.29, 0.717) is 5.92 Å². The number of rotatable bonds is 5. The first-order chi connectivity index (χ1) is 6.74. The fourth-order valence-corrected chi connectivity index (χ4v) is 2.39. The Kier molecular flexibility index (Phi) is 4.94. The second-order valence-electron chi connectivity index (χ2n) is 4.16. The highest BCUT2D eigenvalue weighted by atomic mass is 16.4. The minimum absolute atomic E-state index is 0.192. The van der Waals surface area contributed by atoms with Crippen LogP contribution in [0.25, 0.3) is 0 Å². The zero-order chi connectivity index (χ0) is 10.4. The molecule has 0 aromatic carbocycles. The van der Waals surface area contributed by atoms with Crippen LogP contribution in [0.1, 0.15) is 45.4 Å². The van der Waals surface area contributed by atoms with Gasteiger partial charge in [-0.15, -0.1) is 0 Å². The number of aliphatic carboxylic acids is 1. The lowest BCUT2D eigenvalue weighted by molar-refractivity contribution is -0.138. The largest absolute Gasteiger partial charge is 0.481 e. The van der Waals surface area contributed by atoms with E-state index >= 15 is 0 Å². The van der Waals surface area contributed by atoms with Gasteiger partial charge < -0.3 is 10.4 Å². The summed E-state index contributed by atoms with van der Waals surface area (Å²) in [6.07, 6.45) is 6.54. The molecule has 0 aromatic rings. The summed E-state index contributed by atoms with van der Waals surface area (Å²) in [5, 5.41) is 12.1. The molecular formula is C11H21NO2. The van der Waals surface area contributed by atoms with Gasteiger partial charge in [-0.05, 0) is 25.3 Å². The second kappa shape index (κ2) is 6.02. The minimum Gasteiger partial charge on any atom is -0.481 e. The SMILES string of the molecule is CCN[C@@H](CC(=O)O)C1CCCCC1. The third-order valence-electron chi connectivity index (χ3n) is 3.08. The summed E-state index contributed by atoms with van der Waals surface area (Å²) < 4.78 is 0. The highest BCUT2D eigenvalue weighted by Gasteiger charge is 2.24. The highest BCUT2D eigenvalue weighted by molar-refractivity contribution is 5.67. The van der Waals surface area contributed by atoms with E-state index in [-0.39, 0.29) is 12.5 Å². The maximum absolute atomic E-state index is 10.7. The van der Waals surface area contributed by atoms with E-state index < -0.39 is 5.97 Å². The topological polar surface area (TPSA) is 49.3 Å². The molecule has 1 aliphatic rings. The highest BCUT2D eigenvalue weighted by Crippen LogP contribution is 2.27. The van der Waals surface area contributed by atoms with Crippen LogP contribution in [0, 0.1) is 5.92 Å². The van der Waals surface area contributed by atoms with Crippen LogP contribution in [0.15, 0.2) is 0 Å².